The highest BCUT2D eigenvalue weighted by Crippen LogP contribution is 2.30. The molecule has 3 rings (SSSR count). The van der Waals surface area contributed by atoms with Gasteiger partial charge in [-0.3, -0.25) is 0 Å². The van der Waals surface area contributed by atoms with Crippen molar-refractivity contribution in [2.24, 2.45) is 0 Å². The first-order chi connectivity index (χ1) is 9.74. The van der Waals surface area contributed by atoms with E-state index in [0.717, 1.165) is 43.1 Å². The van der Waals surface area contributed by atoms with Crippen molar-refractivity contribution >= 4 is 23.1 Å². The summed E-state index contributed by atoms with van der Waals surface area (Å²) >= 11 is 6.22. The Bertz CT molecular complexity index is 591. The number of halogens is 1. The third-order valence-corrected chi connectivity index (χ3v) is 3.82. The second-order valence-corrected chi connectivity index (χ2v) is 5.29. The Hall–Kier alpha value is -1.78. The minimum Gasteiger partial charge on any atom is -0.399 e. The van der Waals surface area contributed by atoms with Crippen molar-refractivity contribution in [3.63, 3.8) is 0 Å². The standard InChI is InChI=1S/C15H17ClN4/c16-14-3-2-12(17)9-13(14)11-1-4-15(19-10-11)20-7-5-18-6-8-20/h1-4,9-10,18H,5-8,17H2. The average molecular weight is 289 g/mol. The SMILES string of the molecule is Nc1ccc(Cl)c(-c2ccc(N3CCNCC3)nc2)c1. The fourth-order valence-corrected chi connectivity index (χ4v) is 2.62. The predicted octanol–water partition coefficient (Wildman–Crippen LogP) is 2.39. The second-order valence-electron chi connectivity index (χ2n) is 4.88. The number of nitrogens with one attached hydrogen (secondary N) is 1. The number of nitrogens with zero attached hydrogens (tertiary/aromatic N) is 2. The number of nitrogen functional groups attached to an aromatic ring is 1. The maximum Gasteiger partial charge on any atom is 0.128 e. The van der Waals surface area contributed by atoms with E-state index in [2.05, 4.69) is 15.2 Å². The van der Waals surface area contributed by atoms with E-state index in [9.17, 15) is 0 Å². The molecule has 2 aromatic rings. The van der Waals surface area contributed by atoms with Crippen LogP contribution in [0.1, 0.15) is 0 Å². The number of nitrogens with two attached hydrogens (primary N) is 1. The molecular formula is C15H17ClN4. The van der Waals surface area contributed by atoms with Crippen LogP contribution in [-0.4, -0.2) is 31.2 Å². The van der Waals surface area contributed by atoms with Crippen molar-refractivity contribution in [3.05, 3.63) is 41.6 Å². The van der Waals surface area contributed by atoms with Crippen LogP contribution in [0, 0.1) is 0 Å². The van der Waals surface area contributed by atoms with E-state index in [1.54, 1.807) is 6.07 Å². The first kappa shape index (κ1) is 13.2. The molecule has 104 valence electrons. The molecule has 0 spiro atoms. The molecule has 0 bridgehead atoms. The van der Waals surface area contributed by atoms with Crippen LogP contribution in [0.2, 0.25) is 5.02 Å². The molecule has 0 radical (unpaired) electrons. The van der Waals surface area contributed by atoms with Gasteiger partial charge in [0.05, 0.1) is 0 Å². The van der Waals surface area contributed by atoms with Gasteiger partial charge in [-0.1, -0.05) is 11.6 Å². The Balaban J connectivity index is 1.87. The zero-order chi connectivity index (χ0) is 13.9. The van der Waals surface area contributed by atoms with Crippen molar-refractivity contribution in [3.8, 4) is 11.1 Å². The molecule has 1 aromatic carbocycles. The molecule has 1 saturated heterocycles. The average Bonchev–Trinajstić information content (AvgIpc) is 2.51. The van der Waals surface area contributed by atoms with Gasteiger partial charge >= 0.3 is 0 Å². The van der Waals surface area contributed by atoms with Gasteiger partial charge in [0.1, 0.15) is 5.82 Å². The maximum atomic E-state index is 6.22. The molecule has 1 fully saturated rings. The summed E-state index contributed by atoms with van der Waals surface area (Å²) in [5.74, 6) is 1.01. The predicted molar refractivity (Wildman–Crippen MR) is 84.2 cm³/mol. The molecule has 4 nitrogen and oxygen atoms in total. The Kier molecular flexibility index (Phi) is 3.76. The van der Waals surface area contributed by atoms with Gasteiger partial charge in [0.25, 0.3) is 0 Å². The van der Waals surface area contributed by atoms with Crippen LogP contribution in [0.5, 0.6) is 0 Å². The topological polar surface area (TPSA) is 54.2 Å². The van der Waals surface area contributed by atoms with Crippen molar-refractivity contribution in [2.45, 2.75) is 0 Å². The lowest BCUT2D eigenvalue weighted by Gasteiger charge is -2.28. The maximum absolute atomic E-state index is 6.22. The molecule has 1 aliphatic heterocycles. The number of anilines is 2. The van der Waals surface area contributed by atoms with Crippen molar-refractivity contribution in [2.75, 3.05) is 36.8 Å². The van der Waals surface area contributed by atoms with E-state index in [0.29, 0.717) is 10.7 Å². The Morgan fingerprint density at radius 1 is 1.15 bits per heavy atom. The summed E-state index contributed by atoms with van der Waals surface area (Å²) in [5.41, 5.74) is 8.43. The molecule has 5 heteroatoms. The summed E-state index contributed by atoms with van der Waals surface area (Å²) in [7, 11) is 0. The van der Waals surface area contributed by atoms with Crippen LogP contribution in [0.4, 0.5) is 11.5 Å². The number of piperazine rings is 1. The Labute approximate surface area is 123 Å². The molecule has 0 unspecified atom stereocenters. The van der Waals surface area contributed by atoms with Crippen LogP contribution in [0.3, 0.4) is 0 Å². The van der Waals surface area contributed by atoms with E-state index in [4.69, 9.17) is 17.3 Å². The van der Waals surface area contributed by atoms with E-state index in [-0.39, 0.29) is 0 Å². The lowest BCUT2D eigenvalue weighted by Crippen LogP contribution is -2.43. The lowest BCUT2D eigenvalue weighted by molar-refractivity contribution is 0.585. The van der Waals surface area contributed by atoms with E-state index in [1.807, 2.05) is 30.5 Å². The number of benzene rings is 1. The van der Waals surface area contributed by atoms with Gasteiger partial charge < -0.3 is 16.0 Å². The van der Waals surface area contributed by atoms with Crippen LogP contribution in [0.25, 0.3) is 11.1 Å². The van der Waals surface area contributed by atoms with Crippen molar-refractivity contribution in [1.29, 1.82) is 0 Å². The third-order valence-electron chi connectivity index (χ3n) is 3.49. The van der Waals surface area contributed by atoms with Gasteiger partial charge in [-0.25, -0.2) is 4.98 Å². The number of hydrogen-bond donors (Lipinski definition) is 2. The molecular weight excluding hydrogens is 272 g/mol. The molecule has 1 aliphatic rings. The molecule has 0 atom stereocenters. The van der Waals surface area contributed by atoms with Crippen molar-refractivity contribution < 1.29 is 0 Å². The summed E-state index contributed by atoms with van der Waals surface area (Å²) in [6.07, 6.45) is 1.86. The zero-order valence-electron chi connectivity index (χ0n) is 11.1. The summed E-state index contributed by atoms with van der Waals surface area (Å²) in [6.45, 7) is 3.99. The number of rotatable bonds is 2. The van der Waals surface area contributed by atoms with Gasteiger partial charge in [-0.05, 0) is 30.3 Å². The largest absolute Gasteiger partial charge is 0.399 e. The molecule has 2 heterocycles. The van der Waals surface area contributed by atoms with Crippen molar-refractivity contribution in [1.82, 2.24) is 10.3 Å². The molecule has 0 saturated carbocycles. The first-order valence-corrected chi connectivity index (χ1v) is 7.09. The highest BCUT2D eigenvalue weighted by Gasteiger charge is 2.12. The quantitative estimate of drug-likeness (QED) is 0.833. The van der Waals surface area contributed by atoms with Crippen LogP contribution in [0.15, 0.2) is 36.5 Å². The van der Waals surface area contributed by atoms with Gasteiger partial charge in [-0.15, -0.1) is 0 Å². The Morgan fingerprint density at radius 2 is 1.95 bits per heavy atom. The lowest BCUT2D eigenvalue weighted by atomic mass is 10.1. The van der Waals surface area contributed by atoms with E-state index >= 15 is 0 Å². The molecule has 3 N–H and O–H groups in total. The normalized spacial score (nSPS) is 15.3. The second kappa shape index (κ2) is 5.69. The van der Waals surface area contributed by atoms with Gasteiger partial charge in [0, 0.05) is 54.2 Å². The molecule has 0 amide bonds. The monoisotopic (exact) mass is 288 g/mol. The summed E-state index contributed by atoms with van der Waals surface area (Å²) in [5, 5.41) is 4.03. The Morgan fingerprint density at radius 3 is 2.65 bits per heavy atom. The smallest absolute Gasteiger partial charge is 0.128 e. The first-order valence-electron chi connectivity index (χ1n) is 6.71. The molecule has 1 aromatic heterocycles. The molecule has 20 heavy (non-hydrogen) atoms. The van der Waals surface area contributed by atoms with Gasteiger partial charge in [-0.2, -0.15) is 0 Å². The van der Waals surface area contributed by atoms with Crippen LogP contribution < -0.4 is 16.0 Å². The van der Waals surface area contributed by atoms with E-state index < -0.39 is 0 Å². The highest BCUT2D eigenvalue weighted by atomic mass is 35.5. The summed E-state index contributed by atoms with van der Waals surface area (Å²) in [4.78, 5) is 6.83. The number of hydrogen-bond acceptors (Lipinski definition) is 4. The fourth-order valence-electron chi connectivity index (χ4n) is 2.39. The summed E-state index contributed by atoms with van der Waals surface area (Å²) in [6, 6.07) is 9.58. The minimum atomic E-state index is 0.691. The summed E-state index contributed by atoms with van der Waals surface area (Å²) < 4.78 is 0. The van der Waals surface area contributed by atoms with Crippen LogP contribution >= 0.6 is 11.6 Å². The number of aromatic nitrogens is 1. The van der Waals surface area contributed by atoms with Gasteiger partial charge in [0.2, 0.25) is 0 Å². The highest BCUT2D eigenvalue weighted by molar-refractivity contribution is 6.33. The molecule has 0 aliphatic carbocycles. The third kappa shape index (κ3) is 2.71. The number of pyridine rings is 1. The van der Waals surface area contributed by atoms with Crippen LogP contribution in [-0.2, 0) is 0 Å². The fraction of sp³-hybridized carbons (Fsp3) is 0.267. The minimum absolute atomic E-state index is 0.691. The zero-order valence-corrected chi connectivity index (χ0v) is 11.9. The van der Waals surface area contributed by atoms with E-state index in [1.165, 1.54) is 0 Å². The van der Waals surface area contributed by atoms with Gasteiger partial charge in [0.15, 0.2) is 0 Å².